The molecule has 0 N–H and O–H groups in total. The lowest BCUT2D eigenvalue weighted by atomic mass is 10.2. The number of hydrogen-bond acceptors (Lipinski definition) is 4. The molecule has 3 rings (SSSR count). The molecule has 138 valence electrons. The number of anilines is 2. The Morgan fingerprint density at radius 1 is 1.08 bits per heavy atom. The van der Waals surface area contributed by atoms with Crippen LogP contribution in [-0.4, -0.2) is 55.1 Å². The highest BCUT2D eigenvalue weighted by molar-refractivity contribution is 6.30. The van der Waals surface area contributed by atoms with Crippen molar-refractivity contribution in [1.29, 1.82) is 0 Å². The topological polar surface area (TPSA) is 39.7 Å². The summed E-state index contributed by atoms with van der Waals surface area (Å²) in [6.07, 6.45) is 1.73. The molecule has 5 nitrogen and oxygen atoms in total. The first-order valence-electron chi connectivity index (χ1n) is 9.13. The molecule has 1 amide bonds. The summed E-state index contributed by atoms with van der Waals surface area (Å²) >= 11 is 6.10. The molecule has 1 aromatic heterocycles. The van der Waals surface area contributed by atoms with Gasteiger partial charge in [-0.2, -0.15) is 0 Å². The monoisotopic (exact) mass is 372 g/mol. The molecular weight excluding hydrogens is 348 g/mol. The van der Waals surface area contributed by atoms with E-state index in [2.05, 4.69) is 20.9 Å². The molecule has 0 unspecified atom stereocenters. The number of carbonyl (C=O) groups excluding carboxylic acids is 1. The van der Waals surface area contributed by atoms with Gasteiger partial charge in [0, 0.05) is 61.7 Å². The normalized spacial score (nSPS) is 14.4. The number of aromatic nitrogens is 1. The average Bonchev–Trinajstić information content (AvgIpc) is 2.69. The average molecular weight is 373 g/mol. The maximum atomic E-state index is 12.6. The van der Waals surface area contributed by atoms with Crippen molar-refractivity contribution in [2.75, 3.05) is 49.1 Å². The predicted octanol–water partition coefficient (Wildman–Crippen LogP) is 3.54. The van der Waals surface area contributed by atoms with Gasteiger partial charge in [0.15, 0.2) is 0 Å². The van der Waals surface area contributed by atoms with Gasteiger partial charge in [0.05, 0.1) is 0 Å². The van der Waals surface area contributed by atoms with Crippen LogP contribution in [0.15, 0.2) is 42.6 Å². The van der Waals surface area contributed by atoms with Crippen molar-refractivity contribution in [3.05, 3.63) is 53.2 Å². The third-order valence-corrected chi connectivity index (χ3v) is 5.06. The fraction of sp³-hybridized carbons (Fsp3) is 0.400. The SMILES string of the molecule is CCN(CC)C(=O)c1ccnc(N2CCN(c3cccc(Cl)c3)CC2)c1. The Morgan fingerprint density at radius 2 is 1.77 bits per heavy atom. The van der Waals surface area contributed by atoms with Gasteiger partial charge < -0.3 is 14.7 Å². The lowest BCUT2D eigenvalue weighted by Crippen LogP contribution is -2.46. The molecule has 1 saturated heterocycles. The van der Waals surface area contributed by atoms with Crippen molar-refractivity contribution in [2.24, 2.45) is 0 Å². The molecule has 2 heterocycles. The highest BCUT2D eigenvalue weighted by atomic mass is 35.5. The zero-order chi connectivity index (χ0) is 18.5. The van der Waals surface area contributed by atoms with Gasteiger partial charge in [-0.1, -0.05) is 17.7 Å². The number of nitrogens with zero attached hydrogens (tertiary/aromatic N) is 4. The molecule has 1 aromatic carbocycles. The van der Waals surface area contributed by atoms with E-state index in [-0.39, 0.29) is 5.91 Å². The Kier molecular flexibility index (Phi) is 5.99. The number of carbonyl (C=O) groups is 1. The van der Waals surface area contributed by atoms with Crippen molar-refractivity contribution in [2.45, 2.75) is 13.8 Å². The molecule has 0 atom stereocenters. The van der Waals surface area contributed by atoms with E-state index in [1.54, 1.807) is 12.3 Å². The zero-order valence-corrected chi connectivity index (χ0v) is 16.1. The minimum Gasteiger partial charge on any atom is -0.368 e. The Morgan fingerprint density at radius 3 is 2.42 bits per heavy atom. The molecule has 26 heavy (non-hydrogen) atoms. The minimum absolute atomic E-state index is 0.0659. The summed E-state index contributed by atoms with van der Waals surface area (Å²) in [4.78, 5) is 23.4. The first kappa shape index (κ1) is 18.5. The fourth-order valence-electron chi connectivity index (χ4n) is 3.28. The third kappa shape index (κ3) is 4.10. The Hall–Kier alpha value is -2.27. The molecule has 2 aromatic rings. The second kappa shape index (κ2) is 8.41. The lowest BCUT2D eigenvalue weighted by molar-refractivity contribution is 0.0773. The van der Waals surface area contributed by atoms with E-state index in [1.807, 2.05) is 43.0 Å². The summed E-state index contributed by atoms with van der Waals surface area (Å²) in [7, 11) is 0. The lowest BCUT2D eigenvalue weighted by Gasteiger charge is -2.37. The molecule has 6 heteroatoms. The molecular formula is C20H25ClN4O. The van der Waals surface area contributed by atoms with Gasteiger partial charge in [-0.15, -0.1) is 0 Å². The number of piperazine rings is 1. The number of benzene rings is 1. The number of hydrogen-bond donors (Lipinski definition) is 0. The second-order valence-corrected chi connectivity index (χ2v) is 6.77. The van der Waals surface area contributed by atoms with Crippen LogP contribution in [0.5, 0.6) is 0 Å². The summed E-state index contributed by atoms with van der Waals surface area (Å²) in [6.45, 7) is 8.95. The first-order valence-corrected chi connectivity index (χ1v) is 9.51. The number of pyridine rings is 1. The summed E-state index contributed by atoms with van der Waals surface area (Å²) in [5.41, 5.74) is 1.85. The summed E-state index contributed by atoms with van der Waals surface area (Å²) in [5, 5.41) is 0.759. The Bertz CT molecular complexity index is 755. The fourth-order valence-corrected chi connectivity index (χ4v) is 3.47. The quantitative estimate of drug-likeness (QED) is 0.804. The largest absolute Gasteiger partial charge is 0.368 e. The Balaban J connectivity index is 1.68. The maximum absolute atomic E-state index is 12.6. The standard InChI is InChI=1S/C20H25ClN4O/c1-3-23(4-2)20(26)16-8-9-22-19(14-16)25-12-10-24(11-13-25)18-7-5-6-17(21)15-18/h5-9,14-15H,3-4,10-13H2,1-2H3. The van der Waals surface area contributed by atoms with Gasteiger partial charge in [-0.3, -0.25) is 4.79 Å². The van der Waals surface area contributed by atoms with Crippen LogP contribution in [0.3, 0.4) is 0 Å². The molecule has 1 fully saturated rings. The molecule has 0 spiro atoms. The second-order valence-electron chi connectivity index (χ2n) is 6.33. The van der Waals surface area contributed by atoms with E-state index in [0.717, 1.165) is 42.7 Å². The van der Waals surface area contributed by atoms with Gasteiger partial charge in [0.1, 0.15) is 5.82 Å². The van der Waals surface area contributed by atoms with Crippen LogP contribution in [0.2, 0.25) is 5.02 Å². The van der Waals surface area contributed by atoms with Crippen LogP contribution in [0.4, 0.5) is 11.5 Å². The van der Waals surface area contributed by atoms with E-state index in [9.17, 15) is 4.79 Å². The molecule has 1 aliphatic rings. The molecule has 0 radical (unpaired) electrons. The first-order chi connectivity index (χ1) is 12.6. The zero-order valence-electron chi connectivity index (χ0n) is 15.4. The van der Waals surface area contributed by atoms with Crippen LogP contribution < -0.4 is 9.80 Å². The van der Waals surface area contributed by atoms with Gasteiger partial charge in [0.25, 0.3) is 5.91 Å². The van der Waals surface area contributed by atoms with Gasteiger partial charge in [-0.05, 0) is 44.2 Å². The highest BCUT2D eigenvalue weighted by Gasteiger charge is 2.20. The van der Waals surface area contributed by atoms with Crippen molar-refractivity contribution in [3.8, 4) is 0 Å². The van der Waals surface area contributed by atoms with Gasteiger partial charge in [0.2, 0.25) is 0 Å². The minimum atomic E-state index is 0.0659. The van der Waals surface area contributed by atoms with E-state index in [0.29, 0.717) is 18.7 Å². The van der Waals surface area contributed by atoms with Crippen LogP contribution in [0.1, 0.15) is 24.2 Å². The number of halogens is 1. The molecule has 0 saturated carbocycles. The predicted molar refractivity (Wildman–Crippen MR) is 107 cm³/mol. The van der Waals surface area contributed by atoms with E-state index >= 15 is 0 Å². The summed E-state index contributed by atoms with van der Waals surface area (Å²) < 4.78 is 0. The van der Waals surface area contributed by atoms with Crippen LogP contribution in [0.25, 0.3) is 0 Å². The number of amides is 1. The third-order valence-electron chi connectivity index (χ3n) is 4.82. The van der Waals surface area contributed by atoms with E-state index < -0.39 is 0 Å². The molecule has 0 aliphatic carbocycles. The smallest absolute Gasteiger partial charge is 0.254 e. The van der Waals surface area contributed by atoms with E-state index in [1.165, 1.54) is 0 Å². The van der Waals surface area contributed by atoms with Gasteiger partial charge >= 0.3 is 0 Å². The van der Waals surface area contributed by atoms with Crippen molar-refractivity contribution < 1.29 is 4.79 Å². The van der Waals surface area contributed by atoms with Gasteiger partial charge in [-0.25, -0.2) is 4.98 Å². The van der Waals surface area contributed by atoms with E-state index in [4.69, 9.17) is 11.6 Å². The Labute approximate surface area is 160 Å². The summed E-state index contributed by atoms with van der Waals surface area (Å²) in [5.74, 6) is 0.935. The van der Waals surface area contributed by atoms with Crippen molar-refractivity contribution in [3.63, 3.8) is 0 Å². The highest BCUT2D eigenvalue weighted by Crippen LogP contribution is 2.22. The summed E-state index contributed by atoms with van der Waals surface area (Å²) in [6, 6.07) is 11.7. The maximum Gasteiger partial charge on any atom is 0.254 e. The van der Waals surface area contributed by atoms with Crippen molar-refractivity contribution in [1.82, 2.24) is 9.88 Å². The molecule has 0 bridgehead atoms. The molecule has 1 aliphatic heterocycles. The van der Waals surface area contributed by atoms with Crippen molar-refractivity contribution >= 4 is 29.0 Å². The number of rotatable bonds is 5. The van der Waals surface area contributed by atoms with Crippen LogP contribution in [-0.2, 0) is 0 Å². The van der Waals surface area contributed by atoms with Crippen LogP contribution in [0, 0.1) is 0 Å². The van der Waals surface area contributed by atoms with Crippen LogP contribution >= 0.6 is 11.6 Å².